The maximum Gasteiger partial charge on any atom is 0.143 e. The summed E-state index contributed by atoms with van der Waals surface area (Å²) in [5.41, 5.74) is 18.8. The molecule has 3 heteroatoms. The number of rotatable bonds is 6. The third-order valence-electron chi connectivity index (χ3n) is 12.7. The first-order valence-electron chi connectivity index (χ1n) is 20.7. The van der Waals surface area contributed by atoms with Crippen LogP contribution in [0.2, 0.25) is 0 Å². The number of fused-ring (bicyclic) bond motifs is 9. The van der Waals surface area contributed by atoms with Crippen LogP contribution in [0.4, 0.5) is 17.1 Å². The molecule has 0 atom stereocenters. The van der Waals surface area contributed by atoms with Crippen LogP contribution in [0.15, 0.2) is 209 Å². The highest BCUT2D eigenvalue weighted by atomic mass is 16.3. The molecule has 1 aliphatic rings. The number of furan rings is 2. The van der Waals surface area contributed by atoms with E-state index in [4.69, 9.17) is 8.83 Å². The van der Waals surface area contributed by atoms with Gasteiger partial charge in [0.1, 0.15) is 22.3 Å². The van der Waals surface area contributed by atoms with Crippen molar-refractivity contribution >= 4 is 60.9 Å². The summed E-state index contributed by atoms with van der Waals surface area (Å²) in [5.74, 6) is 0. The lowest BCUT2D eigenvalue weighted by atomic mass is 9.82. The van der Waals surface area contributed by atoms with Gasteiger partial charge in [0, 0.05) is 49.6 Å². The Morgan fingerprint density at radius 2 is 0.850 bits per heavy atom. The average Bonchev–Trinajstić information content (AvgIpc) is 3.93. The Kier molecular flexibility index (Phi) is 7.58. The van der Waals surface area contributed by atoms with Gasteiger partial charge in [-0.3, -0.25) is 0 Å². The minimum absolute atomic E-state index is 0.133. The lowest BCUT2D eigenvalue weighted by molar-refractivity contribution is 0.660. The van der Waals surface area contributed by atoms with Gasteiger partial charge in [-0.25, -0.2) is 0 Å². The third-order valence-corrected chi connectivity index (χ3v) is 12.7. The smallest absolute Gasteiger partial charge is 0.143 e. The molecule has 0 saturated heterocycles. The van der Waals surface area contributed by atoms with E-state index in [-0.39, 0.29) is 5.41 Å². The van der Waals surface area contributed by atoms with Crippen molar-refractivity contribution in [2.75, 3.05) is 4.90 Å². The Morgan fingerprint density at radius 1 is 0.333 bits per heavy atom. The lowest BCUT2D eigenvalue weighted by Gasteiger charge is -2.28. The zero-order valence-electron chi connectivity index (χ0n) is 33.3. The van der Waals surface area contributed by atoms with Crippen LogP contribution in [0.25, 0.3) is 88.4 Å². The van der Waals surface area contributed by atoms with Crippen molar-refractivity contribution in [1.29, 1.82) is 0 Å². The maximum absolute atomic E-state index is 6.69. The predicted molar refractivity (Wildman–Crippen MR) is 250 cm³/mol. The SMILES string of the molecule is CC1(C)c2ccccc2-c2ccc(N(c3ccc(-c4ccc(-c5ccccc5)cc4)cc3)c3ccc4oc5cc6c(cc5c4c3)oc3c(-c4ccccc4)cccc36)cc21. The molecule has 0 radical (unpaired) electrons. The van der Waals surface area contributed by atoms with Crippen LogP contribution in [0, 0.1) is 0 Å². The molecular formula is C57H39NO2. The minimum Gasteiger partial charge on any atom is -0.456 e. The van der Waals surface area contributed by atoms with Crippen molar-refractivity contribution in [1.82, 2.24) is 0 Å². The van der Waals surface area contributed by atoms with Crippen LogP contribution in [0.1, 0.15) is 25.0 Å². The molecule has 60 heavy (non-hydrogen) atoms. The van der Waals surface area contributed by atoms with E-state index < -0.39 is 0 Å². The van der Waals surface area contributed by atoms with Gasteiger partial charge in [0.25, 0.3) is 0 Å². The second-order valence-electron chi connectivity index (χ2n) is 16.5. The Morgan fingerprint density at radius 3 is 1.58 bits per heavy atom. The largest absolute Gasteiger partial charge is 0.456 e. The molecule has 284 valence electrons. The van der Waals surface area contributed by atoms with Gasteiger partial charge in [0.05, 0.1) is 0 Å². The molecule has 0 unspecified atom stereocenters. The van der Waals surface area contributed by atoms with Crippen molar-refractivity contribution in [3.8, 4) is 44.5 Å². The standard InChI is InChI=1S/C57H39NO2/c1-57(2)51-19-10-9-16-45(51)46-30-28-43(33-52(46)57)58(41-26-24-39(25-27-41)38-22-20-37(21-23-38)36-12-5-3-6-13-36)42-29-31-53-48(32-42)50-35-55-49(34-54(50)59-53)47-18-11-17-44(56(47)60-55)40-14-7-4-8-15-40/h3-35H,1-2H3. The number of para-hydroxylation sites is 1. The van der Waals surface area contributed by atoms with Gasteiger partial charge >= 0.3 is 0 Å². The monoisotopic (exact) mass is 769 g/mol. The zero-order valence-corrected chi connectivity index (χ0v) is 33.3. The van der Waals surface area contributed by atoms with Crippen molar-refractivity contribution in [2.45, 2.75) is 19.3 Å². The van der Waals surface area contributed by atoms with E-state index in [1.165, 1.54) is 44.5 Å². The summed E-state index contributed by atoms with van der Waals surface area (Å²) in [6.45, 7) is 4.68. The van der Waals surface area contributed by atoms with E-state index in [0.29, 0.717) is 0 Å². The Labute approximate surface area is 348 Å². The highest BCUT2D eigenvalue weighted by Gasteiger charge is 2.35. The molecule has 3 nitrogen and oxygen atoms in total. The van der Waals surface area contributed by atoms with Crippen LogP contribution < -0.4 is 4.90 Å². The number of benzene rings is 9. The minimum atomic E-state index is -0.133. The van der Waals surface area contributed by atoms with E-state index in [9.17, 15) is 0 Å². The summed E-state index contributed by atoms with van der Waals surface area (Å²) < 4.78 is 13.3. The van der Waals surface area contributed by atoms with E-state index in [1.807, 2.05) is 6.07 Å². The molecule has 0 fully saturated rings. The molecule has 2 aromatic heterocycles. The first-order chi connectivity index (χ1) is 29.5. The number of hydrogen-bond donors (Lipinski definition) is 0. The van der Waals surface area contributed by atoms with Crippen molar-refractivity contribution in [3.63, 3.8) is 0 Å². The summed E-state index contributed by atoms with van der Waals surface area (Å²) in [6.07, 6.45) is 0. The third kappa shape index (κ3) is 5.36. The summed E-state index contributed by atoms with van der Waals surface area (Å²) in [7, 11) is 0. The highest BCUT2D eigenvalue weighted by Crippen LogP contribution is 2.51. The highest BCUT2D eigenvalue weighted by molar-refractivity contribution is 6.17. The molecule has 0 aliphatic heterocycles. The number of nitrogens with zero attached hydrogens (tertiary/aromatic N) is 1. The molecule has 0 N–H and O–H groups in total. The van der Waals surface area contributed by atoms with Crippen LogP contribution in [0.5, 0.6) is 0 Å². The quantitative estimate of drug-likeness (QED) is 0.169. The number of hydrogen-bond acceptors (Lipinski definition) is 3. The van der Waals surface area contributed by atoms with E-state index in [0.717, 1.165) is 72.1 Å². The Balaban J connectivity index is 0.990. The van der Waals surface area contributed by atoms with E-state index in [2.05, 4.69) is 213 Å². The molecule has 2 heterocycles. The number of anilines is 3. The predicted octanol–water partition coefficient (Wildman–Crippen LogP) is 16.3. The topological polar surface area (TPSA) is 29.5 Å². The second kappa shape index (κ2) is 13.2. The van der Waals surface area contributed by atoms with Gasteiger partial charge in [0.15, 0.2) is 0 Å². The molecule has 11 aromatic rings. The van der Waals surface area contributed by atoms with E-state index >= 15 is 0 Å². The first kappa shape index (κ1) is 34.4. The van der Waals surface area contributed by atoms with Crippen molar-refractivity contribution in [2.24, 2.45) is 0 Å². The summed E-state index contributed by atoms with van der Waals surface area (Å²) in [6, 6.07) is 71.8. The molecular weight excluding hydrogens is 731 g/mol. The molecule has 1 aliphatic carbocycles. The molecule has 12 rings (SSSR count). The molecule has 0 bridgehead atoms. The molecule has 0 saturated carbocycles. The van der Waals surface area contributed by atoms with Gasteiger partial charge in [-0.05, 0) is 105 Å². The van der Waals surface area contributed by atoms with E-state index in [1.54, 1.807) is 0 Å². The van der Waals surface area contributed by atoms with Crippen LogP contribution in [-0.2, 0) is 5.41 Å². The van der Waals surface area contributed by atoms with Crippen LogP contribution >= 0.6 is 0 Å². The molecule has 9 aromatic carbocycles. The van der Waals surface area contributed by atoms with Crippen LogP contribution in [-0.4, -0.2) is 0 Å². The summed E-state index contributed by atoms with van der Waals surface area (Å²) in [5, 5.41) is 4.20. The molecule has 0 spiro atoms. The van der Waals surface area contributed by atoms with Gasteiger partial charge in [0.2, 0.25) is 0 Å². The fourth-order valence-corrected chi connectivity index (χ4v) is 9.61. The van der Waals surface area contributed by atoms with Gasteiger partial charge in [-0.15, -0.1) is 0 Å². The van der Waals surface area contributed by atoms with Gasteiger partial charge < -0.3 is 13.7 Å². The Hall–Kier alpha value is -7.62. The van der Waals surface area contributed by atoms with Gasteiger partial charge in [-0.1, -0.05) is 159 Å². The Bertz CT molecular complexity index is 3430. The fourth-order valence-electron chi connectivity index (χ4n) is 9.61. The second-order valence-corrected chi connectivity index (χ2v) is 16.5. The summed E-state index contributed by atoms with van der Waals surface area (Å²) >= 11 is 0. The van der Waals surface area contributed by atoms with Crippen LogP contribution in [0.3, 0.4) is 0 Å². The molecule has 0 amide bonds. The van der Waals surface area contributed by atoms with Crippen molar-refractivity contribution in [3.05, 3.63) is 211 Å². The normalized spacial score (nSPS) is 13.0. The lowest BCUT2D eigenvalue weighted by Crippen LogP contribution is -2.16. The zero-order chi connectivity index (χ0) is 40.0. The van der Waals surface area contributed by atoms with Gasteiger partial charge in [-0.2, -0.15) is 0 Å². The average molecular weight is 770 g/mol. The fraction of sp³-hybridized carbons (Fsp3) is 0.0526. The summed E-state index contributed by atoms with van der Waals surface area (Å²) in [4.78, 5) is 2.38. The first-order valence-corrected chi connectivity index (χ1v) is 20.7. The van der Waals surface area contributed by atoms with Crippen molar-refractivity contribution < 1.29 is 8.83 Å². The maximum atomic E-state index is 6.69.